The smallest absolute Gasteiger partial charge is 0.291 e. The minimum Gasteiger partial charge on any atom is -0.459 e. The number of halogens is 1. The second-order valence-electron chi connectivity index (χ2n) is 5.08. The highest BCUT2D eigenvalue weighted by atomic mass is 35.5. The van der Waals surface area contributed by atoms with E-state index in [1.165, 1.54) is 30.5 Å². The number of hydrogen-bond acceptors (Lipinski definition) is 4. The van der Waals surface area contributed by atoms with Gasteiger partial charge in [0.2, 0.25) is 0 Å². The Morgan fingerprint density at radius 2 is 1.72 bits per heavy atom. The van der Waals surface area contributed by atoms with Crippen molar-refractivity contribution in [3.63, 3.8) is 0 Å². The van der Waals surface area contributed by atoms with Gasteiger partial charge >= 0.3 is 0 Å². The number of benzene rings is 2. The minimum absolute atomic E-state index is 0.0463. The average molecular weight is 377 g/mol. The Labute approximate surface area is 149 Å². The van der Waals surface area contributed by atoms with Gasteiger partial charge in [-0.2, -0.15) is 0 Å². The molecule has 0 atom stereocenters. The highest BCUT2D eigenvalue weighted by Gasteiger charge is 2.15. The molecule has 2 N–H and O–H groups in total. The van der Waals surface area contributed by atoms with Gasteiger partial charge < -0.3 is 9.73 Å². The molecular weight excluding hydrogens is 364 g/mol. The highest BCUT2D eigenvalue weighted by Crippen LogP contribution is 2.21. The Hall–Kier alpha value is -2.77. The highest BCUT2D eigenvalue weighted by molar-refractivity contribution is 7.92. The molecule has 0 saturated carbocycles. The van der Waals surface area contributed by atoms with Gasteiger partial charge in [-0.15, -0.1) is 0 Å². The number of furan rings is 1. The molecule has 0 unspecified atom stereocenters. The van der Waals surface area contributed by atoms with Crippen LogP contribution in [-0.4, -0.2) is 14.3 Å². The third-order valence-corrected chi connectivity index (χ3v) is 4.84. The number of carbonyl (C=O) groups excluding carboxylic acids is 1. The van der Waals surface area contributed by atoms with E-state index in [1.807, 2.05) is 0 Å². The van der Waals surface area contributed by atoms with Crippen molar-refractivity contribution in [2.24, 2.45) is 0 Å². The summed E-state index contributed by atoms with van der Waals surface area (Å²) in [5.74, 6) is -0.273. The molecule has 1 aromatic heterocycles. The van der Waals surface area contributed by atoms with E-state index >= 15 is 0 Å². The zero-order valence-electron chi connectivity index (χ0n) is 12.8. The van der Waals surface area contributed by atoms with Crippen LogP contribution in [0.15, 0.2) is 76.2 Å². The lowest BCUT2D eigenvalue weighted by Crippen LogP contribution is -2.14. The predicted molar refractivity (Wildman–Crippen MR) is 95.4 cm³/mol. The van der Waals surface area contributed by atoms with Crippen LogP contribution in [-0.2, 0) is 10.0 Å². The molecule has 0 aliphatic heterocycles. The summed E-state index contributed by atoms with van der Waals surface area (Å²) in [7, 11) is -3.79. The fourth-order valence-electron chi connectivity index (χ4n) is 2.11. The van der Waals surface area contributed by atoms with Crippen molar-refractivity contribution in [2.75, 3.05) is 10.0 Å². The maximum absolute atomic E-state index is 12.4. The molecule has 128 valence electrons. The lowest BCUT2D eigenvalue weighted by Gasteiger charge is -2.10. The van der Waals surface area contributed by atoms with E-state index in [1.54, 1.807) is 36.4 Å². The molecule has 0 radical (unpaired) electrons. The summed E-state index contributed by atoms with van der Waals surface area (Å²) in [6.45, 7) is 0. The fourth-order valence-corrected chi connectivity index (χ4v) is 3.46. The average Bonchev–Trinajstić information content (AvgIpc) is 3.09. The molecule has 25 heavy (non-hydrogen) atoms. The van der Waals surface area contributed by atoms with Crippen LogP contribution in [0.4, 0.5) is 11.4 Å². The third-order valence-electron chi connectivity index (χ3n) is 3.22. The minimum atomic E-state index is -3.79. The number of nitrogens with one attached hydrogen (secondary N) is 2. The van der Waals surface area contributed by atoms with Crippen LogP contribution >= 0.6 is 11.6 Å². The summed E-state index contributed by atoms with van der Waals surface area (Å²) in [6, 6.07) is 15.4. The summed E-state index contributed by atoms with van der Waals surface area (Å²) in [4.78, 5) is 12.0. The van der Waals surface area contributed by atoms with E-state index in [4.69, 9.17) is 16.0 Å². The molecule has 0 aliphatic rings. The van der Waals surface area contributed by atoms with E-state index in [9.17, 15) is 13.2 Å². The molecule has 2 aromatic carbocycles. The summed E-state index contributed by atoms with van der Waals surface area (Å²) >= 11 is 5.84. The second-order valence-corrected chi connectivity index (χ2v) is 7.19. The SMILES string of the molecule is O=C(Nc1cccc(NS(=O)(=O)c2cccc(Cl)c2)c1)c1ccco1. The largest absolute Gasteiger partial charge is 0.459 e. The molecule has 3 rings (SSSR count). The van der Waals surface area contributed by atoms with Crippen molar-refractivity contribution in [3.05, 3.63) is 77.7 Å². The maximum atomic E-state index is 12.4. The van der Waals surface area contributed by atoms with E-state index in [0.29, 0.717) is 16.4 Å². The summed E-state index contributed by atoms with van der Waals surface area (Å²) in [6.07, 6.45) is 1.39. The zero-order valence-corrected chi connectivity index (χ0v) is 14.3. The number of sulfonamides is 1. The van der Waals surface area contributed by atoms with Crippen LogP contribution in [0.25, 0.3) is 0 Å². The van der Waals surface area contributed by atoms with Crippen LogP contribution in [0, 0.1) is 0 Å². The zero-order chi connectivity index (χ0) is 17.9. The molecule has 1 amide bonds. The molecule has 1 heterocycles. The van der Waals surface area contributed by atoms with E-state index in [0.717, 1.165) is 0 Å². The number of anilines is 2. The molecular formula is C17H13ClN2O4S. The van der Waals surface area contributed by atoms with Crippen LogP contribution in [0.2, 0.25) is 5.02 Å². The molecule has 3 aromatic rings. The number of rotatable bonds is 5. The first-order chi connectivity index (χ1) is 11.9. The summed E-state index contributed by atoms with van der Waals surface area (Å²) < 4.78 is 32.3. The van der Waals surface area contributed by atoms with Gasteiger partial charge in [-0.05, 0) is 48.5 Å². The number of carbonyl (C=O) groups is 1. The second kappa shape index (κ2) is 7.00. The van der Waals surface area contributed by atoms with E-state index < -0.39 is 15.9 Å². The van der Waals surface area contributed by atoms with Gasteiger partial charge in [-0.1, -0.05) is 23.7 Å². The van der Waals surface area contributed by atoms with Crippen molar-refractivity contribution >= 4 is 38.9 Å². The molecule has 0 bridgehead atoms. The molecule has 0 fully saturated rings. The van der Waals surface area contributed by atoms with Crippen molar-refractivity contribution in [2.45, 2.75) is 4.90 Å². The number of amides is 1. The van der Waals surface area contributed by atoms with Gasteiger partial charge in [0.25, 0.3) is 15.9 Å². The first kappa shape index (κ1) is 17.1. The molecule has 6 nitrogen and oxygen atoms in total. The predicted octanol–water partition coefficient (Wildman–Crippen LogP) is 3.99. The molecule has 8 heteroatoms. The first-order valence-corrected chi connectivity index (χ1v) is 9.03. The quantitative estimate of drug-likeness (QED) is 0.704. The monoisotopic (exact) mass is 376 g/mol. The Balaban J connectivity index is 1.78. The standard InChI is InChI=1S/C17H13ClN2O4S/c18-12-4-1-7-15(10-12)25(22,23)20-14-6-2-5-13(11-14)19-17(21)16-8-3-9-24-16/h1-11,20H,(H,19,21). The molecule has 0 spiro atoms. The first-order valence-electron chi connectivity index (χ1n) is 7.17. The van der Waals surface area contributed by atoms with Crippen molar-refractivity contribution in [3.8, 4) is 0 Å². The van der Waals surface area contributed by atoms with Gasteiger partial charge in [-0.3, -0.25) is 9.52 Å². The van der Waals surface area contributed by atoms with Crippen molar-refractivity contribution in [1.82, 2.24) is 0 Å². The lowest BCUT2D eigenvalue weighted by atomic mass is 10.3. The van der Waals surface area contributed by atoms with Gasteiger partial charge in [-0.25, -0.2) is 8.42 Å². The molecule has 0 saturated heterocycles. The van der Waals surface area contributed by atoms with Gasteiger partial charge in [0.15, 0.2) is 5.76 Å². The van der Waals surface area contributed by atoms with Crippen LogP contribution < -0.4 is 10.0 Å². The number of hydrogen-bond donors (Lipinski definition) is 2. The van der Waals surface area contributed by atoms with E-state index in [-0.39, 0.29) is 10.7 Å². The van der Waals surface area contributed by atoms with Crippen molar-refractivity contribution in [1.29, 1.82) is 0 Å². The Morgan fingerprint density at radius 1 is 0.960 bits per heavy atom. The van der Waals surface area contributed by atoms with E-state index in [2.05, 4.69) is 10.0 Å². The summed E-state index contributed by atoms with van der Waals surface area (Å²) in [5.41, 5.74) is 0.727. The maximum Gasteiger partial charge on any atom is 0.291 e. The normalized spacial score (nSPS) is 11.1. The van der Waals surface area contributed by atoms with Gasteiger partial charge in [0.05, 0.1) is 16.8 Å². The van der Waals surface area contributed by atoms with Gasteiger partial charge in [0, 0.05) is 10.7 Å². The van der Waals surface area contributed by atoms with Crippen LogP contribution in [0.3, 0.4) is 0 Å². The van der Waals surface area contributed by atoms with Crippen molar-refractivity contribution < 1.29 is 17.6 Å². The lowest BCUT2D eigenvalue weighted by molar-refractivity contribution is 0.0996. The Morgan fingerprint density at radius 3 is 2.44 bits per heavy atom. The molecule has 0 aliphatic carbocycles. The summed E-state index contributed by atoms with van der Waals surface area (Å²) in [5, 5.41) is 2.95. The Kier molecular flexibility index (Phi) is 4.78. The third kappa shape index (κ3) is 4.20. The fraction of sp³-hybridized carbons (Fsp3) is 0. The van der Waals surface area contributed by atoms with Crippen LogP contribution in [0.1, 0.15) is 10.6 Å². The topological polar surface area (TPSA) is 88.4 Å². The Bertz CT molecular complexity index is 1000. The van der Waals surface area contributed by atoms with Crippen LogP contribution in [0.5, 0.6) is 0 Å². The van der Waals surface area contributed by atoms with Gasteiger partial charge in [0.1, 0.15) is 0 Å².